The number of carbonyl (C=O) groups excluding carboxylic acids is 2. The number of amides is 2. The van der Waals surface area contributed by atoms with E-state index >= 15 is 0 Å². The molecule has 0 bridgehead atoms. The number of rotatable bonds is 3. The average Bonchev–Trinajstić information content (AvgIpc) is 2.48. The SMILES string of the molecule is Cc1ccc(C(=O)NCC(=O)N2CCNCC2)cc1Br. The molecule has 2 N–H and O–H groups in total. The maximum absolute atomic E-state index is 12.0. The molecule has 1 saturated heterocycles. The van der Waals surface area contributed by atoms with Gasteiger partial charge in [-0.1, -0.05) is 22.0 Å². The van der Waals surface area contributed by atoms with Crippen LogP contribution in [0.1, 0.15) is 15.9 Å². The fourth-order valence-electron chi connectivity index (χ4n) is 2.02. The number of carbonyl (C=O) groups is 2. The molecule has 0 atom stereocenters. The quantitative estimate of drug-likeness (QED) is 0.860. The minimum atomic E-state index is -0.228. The van der Waals surface area contributed by atoms with Crippen molar-refractivity contribution in [3.05, 3.63) is 33.8 Å². The molecule has 20 heavy (non-hydrogen) atoms. The molecule has 1 aliphatic heterocycles. The highest BCUT2D eigenvalue weighted by molar-refractivity contribution is 9.10. The monoisotopic (exact) mass is 339 g/mol. The zero-order chi connectivity index (χ0) is 14.5. The first kappa shape index (κ1) is 15.0. The summed E-state index contributed by atoms with van der Waals surface area (Å²) in [6.45, 7) is 5.02. The van der Waals surface area contributed by atoms with Crippen molar-refractivity contribution in [3.63, 3.8) is 0 Å². The highest BCUT2D eigenvalue weighted by Crippen LogP contribution is 2.17. The van der Waals surface area contributed by atoms with Gasteiger partial charge < -0.3 is 15.5 Å². The van der Waals surface area contributed by atoms with Gasteiger partial charge in [-0.2, -0.15) is 0 Å². The summed E-state index contributed by atoms with van der Waals surface area (Å²) in [5.41, 5.74) is 1.62. The van der Waals surface area contributed by atoms with E-state index in [2.05, 4.69) is 26.6 Å². The normalized spacial score (nSPS) is 15.0. The molecule has 0 aromatic heterocycles. The predicted octanol–water partition coefficient (Wildman–Crippen LogP) is 0.919. The van der Waals surface area contributed by atoms with Gasteiger partial charge in [0.25, 0.3) is 5.91 Å². The van der Waals surface area contributed by atoms with Crippen molar-refractivity contribution >= 4 is 27.7 Å². The van der Waals surface area contributed by atoms with Gasteiger partial charge in [0.05, 0.1) is 6.54 Å². The molecule has 1 aromatic carbocycles. The molecule has 1 aliphatic rings. The molecule has 2 rings (SSSR count). The minimum absolute atomic E-state index is 0.0361. The summed E-state index contributed by atoms with van der Waals surface area (Å²) in [5, 5.41) is 5.86. The Kier molecular flexibility index (Phi) is 5.14. The summed E-state index contributed by atoms with van der Waals surface area (Å²) < 4.78 is 0.888. The fourth-order valence-corrected chi connectivity index (χ4v) is 2.40. The Morgan fingerprint density at radius 3 is 2.70 bits per heavy atom. The lowest BCUT2D eigenvalue weighted by Gasteiger charge is -2.27. The Hall–Kier alpha value is -1.40. The van der Waals surface area contributed by atoms with Gasteiger partial charge in [0, 0.05) is 36.2 Å². The standard InChI is InChI=1S/C14H18BrN3O2/c1-10-2-3-11(8-12(10)15)14(20)17-9-13(19)18-6-4-16-5-7-18/h2-3,8,16H,4-7,9H2,1H3,(H,17,20). The zero-order valence-electron chi connectivity index (χ0n) is 11.4. The highest BCUT2D eigenvalue weighted by Gasteiger charge is 2.17. The van der Waals surface area contributed by atoms with Crippen LogP contribution in [0.5, 0.6) is 0 Å². The molecule has 0 spiro atoms. The van der Waals surface area contributed by atoms with E-state index < -0.39 is 0 Å². The molecule has 0 unspecified atom stereocenters. The predicted molar refractivity (Wildman–Crippen MR) is 80.7 cm³/mol. The van der Waals surface area contributed by atoms with Crippen LogP contribution >= 0.6 is 15.9 Å². The van der Waals surface area contributed by atoms with Crippen molar-refractivity contribution in [1.82, 2.24) is 15.5 Å². The Balaban J connectivity index is 1.88. The van der Waals surface area contributed by atoms with Crippen molar-refractivity contribution in [2.45, 2.75) is 6.92 Å². The maximum Gasteiger partial charge on any atom is 0.251 e. The van der Waals surface area contributed by atoms with E-state index in [1.807, 2.05) is 13.0 Å². The van der Waals surface area contributed by atoms with Gasteiger partial charge >= 0.3 is 0 Å². The van der Waals surface area contributed by atoms with Gasteiger partial charge in [0.2, 0.25) is 5.91 Å². The van der Waals surface area contributed by atoms with Crippen molar-refractivity contribution in [1.29, 1.82) is 0 Å². The molecule has 0 radical (unpaired) electrons. The van der Waals surface area contributed by atoms with Gasteiger partial charge in [-0.25, -0.2) is 0 Å². The third-order valence-corrected chi connectivity index (χ3v) is 4.16. The number of hydrogen-bond donors (Lipinski definition) is 2. The van der Waals surface area contributed by atoms with E-state index in [-0.39, 0.29) is 18.4 Å². The van der Waals surface area contributed by atoms with Crippen molar-refractivity contribution in [2.24, 2.45) is 0 Å². The van der Waals surface area contributed by atoms with Gasteiger partial charge in [0.15, 0.2) is 0 Å². The van der Waals surface area contributed by atoms with Gasteiger partial charge in [0.1, 0.15) is 0 Å². The molecule has 5 nitrogen and oxygen atoms in total. The summed E-state index contributed by atoms with van der Waals surface area (Å²) >= 11 is 3.39. The molecule has 2 amide bonds. The summed E-state index contributed by atoms with van der Waals surface area (Å²) in [4.78, 5) is 25.7. The smallest absolute Gasteiger partial charge is 0.251 e. The van der Waals surface area contributed by atoms with Crippen molar-refractivity contribution in [3.8, 4) is 0 Å². The second-order valence-corrected chi connectivity index (χ2v) is 5.63. The van der Waals surface area contributed by atoms with Crippen molar-refractivity contribution < 1.29 is 9.59 Å². The number of hydrogen-bond acceptors (Lipinski definition) is 3. The molecule has 1 fully saturated rings. The number of nitrogens with one attached hydrogen (secondary N) is 2. The number of piperazine rings is 1. The van der Waals surface area contributed by atoms with E-state index in [0.717, 1.165) is 23.1 Å². The van der Waals surface area contributed by atoms with E-state index in [9.17, 15) is 9.59 Å². The molecule has 0 saturated carbocycles. The molecular formula is C14H18BrN3O2. The third kappa shape index (κ3) is 3.80. The van der Waals surface area contributed by atoms with Crippen molar-refractivity contribution in [2.75, 3.05) is 32.7 Å². The van der Waals surface area contributed by atoms with Gasteiger partial charge in [-0.15, -0.1) is 0 Å². The first-order chi connectivity index (χ1) is 9.58. The Labute approximate surface area is 126 Å². The topological polar surface area (TPSA) is 61.4 Å². The first-order valence-electron chi connectivity index (χ1n) is 6.61. The number of aryl methyl sites for hydroxylation is 1. The van der Waals surface area contributed by atoms with Crippen LogP contribution in [-0.4, -0.2) is 49.4 Å². The summed E-state index contributed by atoms with van der Waals surface area (Å²) in [7, 11) is 0. The fraction of sp³-hybridized carbons (Fsp3) is 0.429. The number of benzene rings is 1. The number of nitrogens with zero attached hydrogens (tertiary/aromatic N) is 1. The van der Waals surface area contributed by atoms with Crippen LogP contribution in [0.4, 0.5) is 0 Å². The molecule has 0 aliphatic carbocycles. The minimum Gasteiger partial charge on any atom is -0.343 e. The molecule has 1 heterocycles. The average molecular weight is 340 g/mol. The molecule has 1 aromatic rings. The highest BCUT2D eigenvalue weighted by atomic mass is 79.9. The van der Waals surface area contributed by atoms with Crippen LogP contribution in [-0.2, 0) is 4.79 Å². The van der Waals surface area contributed by atoms with E-state index in [4.69, 9.17) is 0 Å². The number of halogens is 1. The van der Waals surface area contributed by atoms with Crippen LogP contribution in [0, 0.1) is 6.92 Å². The summed E-state index contributed by atoms with van der Waals surface area (Å²) in [6.07, 6.45) is 0. The van der Waals surface area contributed by atoms with Crippen LogP contribution < -0.4 is 10.6 Å². The van der Waals surface area contributed by atoms with Gasteiger partial charge in [-0.05, 0) is 24.6 Å². The molecule has 6 heteroatoms. The Bertz CT molecular complexity index is 513. The second-order valence-electron chi connectivity index (χ2n) is 4.78. The Morgan fingerprint density at radius 2 is 2.05 bits per heavy atom. The lowest BCUT2D eigenvalue weighted by molar-refractivity contribution is -0.130. The molecule has 108 valence electrons. The third-order valence-electron chi connectivity index (χ3n) is 3.30. The second kappa shape index (κ2) is 6.85. The van der Waals surface area contributed by atoms with Crippen LogP contribution in [0.3, 0.4) is 0 Å². The van der Waals surface area contributed by atoms with Crippen LogP contribution in [0.2, 0.25) is 0 Å². The maximum atomic E-state index is 12.0. The lowest BCUT2D eigenvalue weighted by Crippen LogP contribution is -2.49. The van der Waals surface area contributed by atoms with Crippen LogP contribution in [0.15, 0.2) is 22.7 Å². The summed E-state index contributed by atoms with van der Waals surface area (Å²) in [5.74, 6) is -0.264. The first-order valence-corrected chi connectivity index (χ1v) is 7.40. The van der Waals surface area contributed by atoms with E-state index in [1.54, 1.807) is 17.0 Å². The summed E-state index contributed by atoms with van der Waals surface area (Å²) in [6, 6.07) is 5.39. The molecular weight excluding hydrogens is 322 g/mol. The zero-order valence-corrected chi connectivity index (χ0v) is 13.0. The lowest BCUT2D eigenvalue weighted by atomic mass is 10.1. The van der Waals surface area contributed by atoms with Gasteiger partial charge in [-0.3, -0.25) is 9.59 Å². The largest absolute Gasteiger partial charge is 0.343 e. The van der Waals surface area contributed by atoms with E-state index in [1.165, 1.54) is 0 Å². The van der Waals surface area contributed by atoms with E-state index in [0.29, 0.717) is 18.7 Å². The Morgan fingerprint density at radius 1 is 1.35 bits per heavy atom. The van der Waals surface area contributed by atoms with Crippen LogP contribution in [0.25, 0.3) is 0 Å².